The van der Waals surface area contributed by atoms with Crippen LogP contribution in [-0.2, 0) is 6.54 Å². The van der Waals surface area contributed by atoms with Crippen molar-refractivity contribution in [2.45, 2.75) is 12.7 Å². The molecular weight excluding hydrogens is 239 g/mol. The lowest BCUT2D eigenvalue weighted by Gasteiger charge is -2.19. The molecule has 0 aliphatic rings. The van der Waals surface area contributed by atoms with Crippen LogP contribution in [0, 0.1) is 0 Å². The van der Waals surface area contributed by atoms with Crippen molar-refractivity contribution in [3.05, 3.63) is 48.0 Å². The van der Waals surface area contributed by atoms with Gasteiger partial charge in [0.25, 0.3) is 0 Å². The molecule has 0 saturated heterocycles. The number of halogens is 3. The summed E-state index contributed by atoms with van der Waals surface area (Å²) in [5.74, 6) is 0. The fourth-order valence-electron chi connectivity index (χ4n) is 2.08. The molecule has 1 nitrogen and oxygen atoms in total. The van der Waals surface area contributed by atoms with Crippen LogP contribution in [0.1, 0.15) is 5.56 Å². The van der Waals surface area contributed by atoms with E-state index in [-0.39, 0.29) is 0 Å². The molecule has 0 atom stereocenters. The highest BCUT2D eigenvalue weighted by molar-refractivity contribution is 5.85. The van der Waals surface area contributed by atoms with Crippen LogP contribution in [0.3, 0.4) is 0 Å². The maximum atomic E-state index is 12.3. The number of hydrogen-bond acceptors (Lipinski definition) is 1. The van der Waals surface area contributed by atoms with Crippen LogP contribution >= 0.6 is 0 Å². The van der Waals surface area contributed by atoms with Crippen molar-refractivity contribution in [3.63, 3.8) is 0 Å². The van der Waals surface area contributed by atoms with Gasteiger partial charge in [-0.1, -0.05) is 42.5 Å². The molecule has 4 heteroatoms. The average molecular weight is 253 g/mol. The summed E-state index contributed by atoms with van der Waals surface area (Å²) < 4.78 is 36.8. The van der Waals surface area contributed by atoms with Gasteiger partial charge in [-0.25, -0.2) is 0 Å². The van der Waals surface area contributed by atoms with Crippen LogP contribution in [0.15, 0.2) is 42.5 Å². The Kier molecular flexibility index (Phi) is 3.57. The second-order valence-electron chi connectivity index (χ2n) is 4.43. The van der Waals surface area contributed by atoms with Crippen LogP contribution in [-0.4, -0.2) is 24.7 Å². The third-order valence-electron chi connectivity index (χ3n) is 2.77. The van der Waals surface area contributed by atoms with E-state index >= 15 is 0 Å². The Bertz CT molecular complexity index is 529. The highest BCUT2D eigenvalue weighted by Crippen LogP contribution is 2.21. The van der Waals surface area contributed by atoms with Crippen LogP contribution < -0.4 is 0 Å². The third-order valence-corrected chi connectivity index (χ3v) is 2.77. The third kappa shape index (κ3) is 3.23. The second-order valence-corrected chi connectivity index (χ2v) is 4.43. The smallest absolute Gasteiger partial charge is 0.294 e. The number of alkyl halides is 3. The average Bonchev–Trinajstić information content (AvgIpc) is 2.27. The van der Waals surface area contributed by atoms with Gasteiger partial charge in [0.2, 0.25) is 0 Å². The summed E-state index contributed by atoms with van der Waals surface area (Å²) in [5, 5.41) is 2.06. The van der Waals surface area contributed by atoms with E-state index in [0.717, 1.165) is 16.3 Å². The summed E-state index contributed by atoms with van der Waals surface area (Å²) in [7, 11) is 1.48. The monoisotopic (exact) mass is 253 g/mol. The van der Waals surface area contributed by atoms with Gasteiger partial charge in [-0.05, 0) is 23.4 Å². The Morgan fingerprint density at radius 2 is 1.67 bits per heavy atom. The zero-order valence-electron chi connectivity index (χ0n) is 10.0. The molecule has 0 N–H and O–H groups in total. The molecule has 0 unspecified atom stereocenters. The van der Waals surface area contributed by atoms with Gasteiger partial charge in [0.05, 0.1) is 6.54 Å². The van der Waals surface area contributed by atoms with Gasteiger partial charge in [0.1, 0.15) is 0 Å². The Balaban J connectivity index is 2.21. The highest BCUT2D eigenvalue weighted by atomic mass is 19.4. The normalized spacial score (nSPS) is 12.3. The van der Waals surface area contributed by atoms with E-state index in [1.165, 1.54) is 11.9 Å². The SMILES string of the molecule is CN(Cc1cccc2ccccc12)CC(F)(F)F. The Morgan fingerprint density at radius 1 is 1.00 bits per heavy atom. The zero-order valence-corrected chi connectivity index (χ0v) is 10.0. The van der Waals surface area contributed by atoms with Crippen molar-refractivity contribution in [1.82, 2.24) is 4.90 Å². The van der Waals surface area contributed by atoms with Gasteiger partial charge >= 0.3 is 6.18 Å². The van der Waals surface area contributed by atoms with Crippen LogP contribution in [0.25, 0.3) is 10.8 Å². The fraction of sp³-hybridized carbons (Fsp3) is 0.286. The molecule has 0 heterocycles. The fourth-order valence-corrected chi connectivity index (χ4v) is 2.08. The molecule has 0 amide bonds. The molecule has 0 fully saturated rings. The predicted octanol–water partition coefficient (Wildman–Crippen LogP) is 3.83. The lowest BCUT2D eigenvalue weighted by Crippen LogP contribution is -2.30. The number of fused-ring (bicyclic) bond motifs is 1. The van der Waals surface area contributed by atoms with Crippen molar-refractivity contribution in [3.8, 4) is 0 Å². The topological polar surface area (TPSA) is 3.24 Å². The first-order valence-corrected chi connectivity index (χ1v) is 5.68. The van der Waals surface area contributed by atoms with Gasteiger partial charge in [0, 0.05) is 6.54 Å². The molecule has 0 saturated carbocycles. The first kappa shape index (κ1) is 12.9. The Labute approximate surface area is 104 Å². The number of rotatable bonds is 3. The maximum absolute atomic E-state index is 12.3. The lowest BCUT2D eigenvalue weighted by molar-refractivity contribution is -0.143. The van der Waals surface area contributed by atoms with Crippen molar-refractivity contribution in [1.29, 1.82) is 0 Å². The van der Waals surface area contributed by atoms with E-state index in [9.17, 15) is 13.2 Å². The van der Waals surface area contributed by atoms with Gasteiger partial charge in [-0.15, -0.1) is 0 Å². The Morgan fingerprint density at radius 3 is 2.39 bits per heavy atom. The zero-order chi connectivity index (χ0) is 13.2. The highest BCUT2D eigenvalue weighted by Gasteiger charge is 2.29. The van der Waals surface area contributed by atoms with Gasteiger partial charge < -0.3 is 0 Å². The summed E-state index contributed by atoms with van der Waals surface area (Å²) >= 11 is 0. The molecule has 18 heavy (non-hydrogen) atoms. The molecule has 0 aliphatic carbocycles. The summed E-state index contributed by atoms with van der Waals surface area (Å²) in [6.45, 7) is -0.600. The second kappa shape index (κ2) is 4.98. The Hall–Kier alpha value is -1.55. The van der Waals surface area contributed by atoms with E-state index in [4.69, 9.17) is 0 Å². The molecule has 2 rings (SSSR count). The molecule has 0 radical (unpaired) electrons. The largest absolute Gasteiger partial charge is 0.401 e. The van der Waals surface area contributed by atoms with Crippen molar-refractivity contribution in [2.75, 3.05) is 13.6 Å². The summed E-state index contributed by atoms with van der Waals surface area (Å²) in [4.78, 5) is 1.28. The van der Waals surface area contributed by atoms with Crippen LogP contribution in [0.2, 0.25) is 0 Å². The quantitative estimate of drug-likeness (QED) is 0.803. The molecule has 0 spiro atoms. The minimum atomic E-state index is -4.15. The van der Waals surface area contributed by atoms with E-state index in [1.54, 1.807) is 0 Å². The van der Waals surface area contributed by atoms with Gasteiger partial charge in [0.15, 0.2) is 0 Å². The van der Waals surface area contributed by atoms with E-state index in [0.29, 0.717) is 6.54 Å². The standard InChI is InChI=1S/C14H14F3N/c1-18(10-14(15,16)17)9-12-7-4-6-11-5-2-3-8-13(11)12/h2-8H,9-10H2,1H3. The number of nitrogens with zero attached hydrogens (tertiary/aromatic N) is 1. The molecule has 96 valence electrons. The van der Waals surface area contributed by atoms with E-state index in [2.05, 4.69) is 0 Å². The van der Waals surface area contributed by atoms with Crippen molar-refractivity contribution in [2.24, 2.45) is 0 Å². The van der Waals surface area contributed by atoms with Gasteiger partial charge in [-0.2, -0.15) is 13.2 Å². The minimum absolute atomic E-state index is 0.293. The molecule has 2 aromatic carbocycles. The molecule has 2 aromatic rings. The number of benzene rings is 2. The number of hydrogen-bond donors (Lipinski definition) is 0. The van der Waals surface area contributed by atoms with Gasteiger partial charge in [-0.3, -0.25) is 4.90 Å². The van der Waals surface area contributed by atoms with Crippen LogP contribution in [0.5, 0.6) is 0 Å². The van der Waals surface area contributed by atoms with E-state index < -0.39 is 12.7 Å². The first-order valence-electron chi connectivity index (χ1n) is 5.68. The summed E-state index contributed by atoms with van der Waals surface area (Å²) in [6.07, 6.45) is -4.15. The van der Waals surface area contributed by atoms with Crippen LogP contribution in [0.4, 0.5) is 13.2 Å². The first-order chi connectivity index (χ1) is 8.46. The summed E-state index contributed by atoms with van der Waals surface area (Å²) in [5.41, 5.74) is 0.917. The predicted molar refractivity (Wildman–Crippen MR) is 66.3 cm³/mol. The molecule has 0 aliphatic heterocycles. The minimum Gasteiger partial charge on any atom is -0.294 e. The lowest BCUT2D eigenvalue weighted by atomic mass is 10.0. The maximum Gasteiger partial charge on any atom is 0.401 e. The van der Waals surface area contributed by atoms with Crippen molar-refractivity contribution >= 4 is 10.8 Å². The van der Waals surface area contributed by atoms with Crippen molar-refractivity contribution < 1.29 is 13.2 Å². The molecule has 0 bridgehead atoms. The summed E-state index contributed by atoms with van der Waals surface area (Å²) in [6, 6.07) is 13.4. The molecular formula is C14H14F3N. The van der Waals surface area contributed by atoms with E-state index in [1.807, 2.05) is 42.5 Å². The molecule has 0 aromatic heterocycles.